The van der Waals surface area contributed by atoms with Crippen molar-refractivity contribution in [3.8, 4) is 6.07 Å². The van der Waals surface area contributed by atoms with Gasteiger partial charge in [-0.3, -0.25) is 0 Å². The van der Waals surface area contributed by atoms with Crippen LogP contribution >= 0.6 is 0 Å². The van der Waals surface area contributed by atoms with E-state index >= 15 is 0 Å². The van der Waals surface area contributed by atoms with Gasteiger partial charge in [-0.25, -0.2) is 0 Å². The van der Waals surface area contributed by atoms with Crippen LogP contribution in [0.4, 0.5) is 0 Å². The normalized spacial score (nSPS) is 22.2. The third kappa shape index (κ3) is 4.59. The highest BCUT2D eigenvalue weighted by molar-refractivity contribution is 4.71. The van der Waals surface area contributed by atoms with Crippen molar-refractivity contribution in [1.82, 2.24) is 4.90 Å². The maximum atomic E-state index is 8.41. The van der Waals surface area contributed by atoms with Crippen LogP contribution in [0.2, 0.25) is 0 Å². The van der Waals surface area contributed by atoms with E-state index in [0.717, 1.165) is 26.1 Å². The molecule has 3 heteroatoms. The van der Waals surface area contributed by atoms with Gasteiger partial charge in [0.2, 0.25) is 0 Å². The Labute approximate surface area is 86.6 Å². The number of nitriles is 1. The summed E-state index contributed by atoms with van der Waals surface area (Å²) in [6.45, 7) is 2.95. The highest BCUT2D eigenvalue weighted by Gasteiger charge is 2.15. The first-order valence-electron chi connectivity index (χ1n) is 5.50. The zero-order chi connectivity index (χ0) is 10.2. The quantitative estimate of drug-likeness (QED) is 0.629. The number of nitrogens with zero attached hydrogens (tertiary/aromatic N) is 2. The molecule has 0 bridgehead atoms. The third-order valence-corrected chi connectivity index (χ3v) is 2.62. The van der Waals surface area contributed by atoms with Crippen molar-refractivity contribution in [1.29, 1.82) is 5.26 Å². The molecule has 0 aliphatic carbocycles. The van der Waals surface area contributed by atoms with Gasteiger partial charge < -0.3 is 9.64 Å². The summed E-state index contributed by atoms with van der Waals surface area (Å²) in [4.78, 5) is 2.27. The van der Waals surface area contributed by atoms with E-state index < -0.39 is 0 Å². The molecule has 3 nitrogen and oxygen atoms in total. The van der Waals surface area contributed by atoms with Gasteiger partial charge in [0.25, 0.3) is 0 Å². The minimum absolute atomic E-state index is 0.427. The van der Waals surface area contributed by atoms with Gasteiger partial charge in [-0.05, 0) is 39.3 Å². The number of hydrogen-bond donors (Lipinski definition) is 0. The first kappa shape index (κ1) is 11.5. The maximum absolute atomic E-state index is 8.41. The lowest BCUT2D eigenvalue weighted by Crippen LogP contribution is -2.33. The molecular weight excluding hydrogens is 176 g/mol. The first-order valence-corrected chi connectivity index (χ1v) is 5.50. The molecule has 0 amide bonds. The minimum atomic E-state index is 0.427. The standard InChI is InChI=1S/C11H20N2O/c1-13(8-4-3-7-12)10-11-6-2-5-9-14-11/h11H,2-6,8-10H2,1H3. The van der Waals surface area contributed by atoms with Gasteiger partial charge in [-0.15, -0.1) is 0 Å². The summed E-state index contributed by atoms with van der Waals surface area (Å²) < 4.78 is 5.65. The Morgan fingerprint density at radius 3 is 3.00 bits per heavy atom. The summed E-state index contributed by atoms with van der Waals surface area (Å²) >= 11 is 0. The summed E-state index contributed by atoms with van der Waals surface area (Å²) in [7, 11) is 2.11. The summed E-state index contributed by atoms with van der Waals surface area (Å²) in [6, 6.07) is 2.17. The Morgan fingerprint density at radius 2 is 2.36 bits per heavy atom. The number of unbranched alkanes of at least 4 members (excludes halogenated alkanes) is 1. The number of likely N-dealkylation sites (N-methyl/N-ethyl adjacent to an activating group) is 1. The van der Waals surface area contributed by atoms with E-state index in [0.29, 0.717) is 12.5 Å². The molecule has 1 atom stereocenters. The van der Waals surface area contributed by atoms with Crippen LogP contribution in [0, 0.1) is 11.3 Å². The van der Waals surface area contributed by atoms with Crippen molar-refractivity contribution in [3.63, 3.8) is 0 Å². The lowest BCUT2D eigenvalue weighted by atomic mass is 10.1. The second kappa shape index (κ2) is 6.80. The molecule has 0 aromatic carbocycles. The van der Waals surface area contributed by atoms with E-state index in [9.17, 15) is 0 Å². The fourth-order valence-corrected chi connectivity index (χ4v) is 1.82. The monoisotopic (exact) mass is 196 g/mol. The fraction of sp³-hybridized carbons (Fsp3) is 0.909. The Morgan fingerprint density at radius 1 is 1.50 bits per heavy atom. The molecule has 80 valence electrons. The van der Waals surface area contributed by atoms with Crippen molar-refractivity contribution < 1.29 is 4.74 Å². The summed E-state index contributed by atoms with van der Waals surface area (Å²) in [5, 5.41) is 8.41. The molecule has 14 heavy (non-hydrogen) atoms. The third-order valence-electron chi connectivity index (χ3n) is 2.62. The van der Waals surface area contributed by atoms with Gasteiger partial charge in [0.1, 0.15) is 0 Å². The molecule has 0 radical (unpaired) electrons. The van der Waals surface area contributed by atoms with Crippen LogP contribution in [0.1, 0.15) is 32.1 Å². The Hall–Kier alpha value is -0.590. The Bertz CT molecular complexity index is 182. The van der Waals surface area contributed by atoms with Crippen molar-refractivity contribution in [2.75, 3.05) is 26.7 Å². The number of hydrogen-bond acceptors (Lipinski definition) is 3. The molecule has 1 heterocycles. The molecule has 1 saturated heterocycles. The largest absolute Gasteiger partial charge is 0.377 e. The molecule has 1 unspecified atom stereocenters. The summed E-state index contributed by atoms with van der Waals surface area (Å²) in [5.74, 6) is 0. The smallest absolute Gasteiger partial charge is 0.0701 e. The zero-order valence-electron chi connectivity index (χ0n) is 9.04. The van der Waals surface area contributed by atoms with Crippen molar-refractivity contribution >= 4 is 0 Å². The van der Waals surface area contributed by atoms with Crippen molar-refractivity contribution in [3.05, 3.63) is 0 Å². The minimum Gasteiger partial charge on any atom is -0.377 e. The first-order chi connectivity index (χ1) is 6.83. The van der Waals surface area contributed by atoms with E-state index in [1.54, 1.807) is 0 Å². The molecule has 1 fully saturated rings. The molecule has 0 aromatic heterocycles. The van der Waals surface area contributed by atoms with Crippen LogP contribution in [-0.4, -0.2) is 37.7 Å². The lowest BCUT2D eigenvalue weighted by Gasteiger charge is -2.27. The van der Waals surface area contributed by atoms with Gasteiger partial charge in [-0.1, -0.05) is 0 Å². The van der Waals surface area contributed by atoms with Crippen LogP contribution in [0.3, 0.4) is 0 Å². The predicted octanol–water partition coefficient (Wildman–Crippen LogP) is 1.79. The highest BCUT2D eigenvalue weighted by atomic mass is 16.5. The molecule has 1 rings (SSSR count). The van der Waals surface area contributed by atoms with Gasteiger partial charge in [-0.2, -0.15) is 5.26 Å². The highest BCUT2D eigenvalue weighted by Crippen LogP contribution is 2.13. The topological polar surface area (TPSA) is 36.3 Å². The van der Waals surface area contributed by atoms with Gasteiger partial charge in [0, 0.05) is 19.6 Å². The van der Waals surface area contributed by atoms with Crippen LogP contribution in [-0.2, 0) is 4.74 Å². The van der Waals surface area contributed by atoms with Crippen LogP contribution in [0.5, 0.6) is 0 Å². The van der Waals surface area contributed by atoms with Crippen LogP contribution in [0.25, 0.3) is 0 Å². The fourth-order valence-electron chi connectivity index (χ4n) is 1.82. The average molecular weight is 196 g/mol. The van der Waals surface area contributed by atoms with E-state index in [-0.39, 0.29) is 0 Å². The van der Waals surface area contributed by atoms with E-state index in [1.807, 2.05) is 0 Å². The van der Waals surface area contributed by atoms with E-state index in [2.05, 4.69) is 18.0 Å². The van der Waals surface area contributed by atoms with Crippen LogP contribution < -0.4 is 0 Å². The van der Waals surface area contributed by atoms with Gasteiger partial charge in [0.05, 0.1) is 12.2 Å². The Kier molecular flexibility index (Phi) is 5.58. The zero-order valence-corrected chi connectivity index (χ0v) is 9.04. The summed E-state index contributed by atoms with van der Waals surface area (Å²) in [6.07, 6.45) is 5.78. The van der Waals surface area contributed by atoms with Crippen LogP contribution in [0.15, 0.2) is 0 Å². The molecule has 1 aliphatic rings. The predicted molar refractivity (Wildman–Crippen MR) is 55.9 cm³/mol. The molecule has 0 aromatic rings. The molecule has 0 N–H and O–H groups in total. The lowest BCUT2D eigenvalue weighted by molar-refractivity contribution is -0.00148. The van der Waals surface area contributed by atoms with Crippen molar-refractivity contribution in [2.24, 2.45) is 0 Å². The summed E-state index contributed by atoms with van der Waals surface area (Å²) in [5.41, 5.74) is 0. The van der Waals surface area contributed by atoms with E-state index in [4.69, 9.17) is 10.00 Å². The van der Waals surface area contributed by atoms with Crippen molar-refractivity contribution in [2.45, 2.75) is 38.2 Å². The SMILES string of the molecule is CN(CCCC#N)CC1CCCCO1. The Balaban J connectivity index is 2.06. The van der Waals surface area contributed by atoms with Gasteiger partial charge in [0.15, 0.2) is 0 Å². The maximum Gasteiger partial charge on any atom is 0.0701 e. The molecular formula is C11H20N2O. The number of ether oxygens (including phenoxy) is 1. The van der Waals surface area contributed by atoms with E-state index in [1.165, 1.54) is 19.3 Å². The second-order valence-corrected chi connectivity index (χ2v) is 4.01. The molecule has 1 aliphatic heterocycles. The molecule has 0 spiro atoms. The second-order valence-electron chi connectivity index (χ2n) is 4.01. The average Bonchev–Trinajstić information content (AvgIpc) is 2.20. The number of rotatable bonds is 5. The van der Waals surface area contributed by atoms with Gasteiger partial charge >= 0.3 is 0 Å². The molecule has 0 saturated carbocycles.